The summed E-state index contributed by atoms with van der Waals surface area (Å²) in [4.78, 5) is 32.5. The molecule has 1 fully saturated rings. The summed E-state index contributed by atoms with van der Waals surface area (Å²) in [6.45, 7) is 15.4. The van der Waals surface area contributed by atoms with Crippen molar-refractivity contribution in [3.05, 3.63) is 0 Å². The molecule has 0 aromatic rings. The molecule has 1 aliphatic rings. The monoisotopic (exact) mass is 496 g/mol. The summed E-state index contributed by atoms with van der Waals surface area (Å²) in [5.41, 5.74) is 0. The van der Waals surface area contributed by atoms with Crippen molar-refractivity contribution in [2.75, 3.05) is 52.4 Å². The lowest BCUT2D eigenvalue weighted by Crippen LogP contribution is -2.54. The number of amides is 2. The molecule has 0 aliphatic carbocycles. The van der Waals surface area contributed by atoms with Gasteiger partial charge in [0.25, 0.3) is 0 Å². The van der Waals surface area contributed by atoms with Crippen LogP contribution in [0.4, 0.5) is 0 Å². The molecular weight excluding hydrogens is 459 g/mol. The van der Waals surface area contributed by atoms with Gasteiger partial charge in [0.1, 0.15) is 0 Å². The summed E-state index contributed by atoms with van der Waals surface area (Å²) in [6, 6.07) is 0.174. The van der Waals surface area contributed by atoms with E-state index in [0.29, 0.717) is 19.6 Å². The number of guanidine groups is 1. The molecule has 0 unspecified atom stereocenters. The zero-order valence-corrected chi connectivity index (χ0v) is 19.7. The average Bonchev–Trinajstić information content (AvgIpc) is 2.57. The van der Waals surface area contributed by atoms with Gasteiger partial charge >= 0.3 is 0 Å². The molecule has 2 amide bonds. The Bertz CT molecular complexity index is 476. The van der Waals surface area contributed by atoms with Crippen molar-refractivity contribution in [3.8, 4) is 0 Å². The third kappa shape index (κ3) is 10.7. The Morgan fingerprint density at radius 3 is 2.19 bits per heavy atom. The molecule has 1 aliphatic heterocycles. The lowest BCUT2D eigenvalue weighted by atomic mass is 10.2. The number of carbonyl (C=O) groups is 2. The summed E-state index contributed by atoms with van der Waals surface area (Å²) in [7, 11) is 0. The van der Waals surface area contributed by atoms with Crippen LogP contribution in [-0.4, -0.2) is 86.0 Å². The Balaban J connectivity index is 0.00000676. The van der Waals surface area contributed by atoms with Crippen molar-refractivity contribution in [1.29, 1.82) is 0 Å². The highest BCUT2D eigenvalue weighted by Gasteiger charge is 2.21. The third-order valence-electron chi connectivity index (χ3n) is 4.02. The molecule has 0 spiro atoms. The Hall–Kier alpha value is -1.10. The number of nitrogens with one attached hydrogen (secondary N) is 3. The topological polar surface area (TPSA) is 89.1 Å². The fourth-order valence-corrected chi connectivity index (χ4v) is 2.66. The van der Waals surface area contributed by atoms with Gasteiger partial charge in [-0.05, 0) is 20.8 Å². The lowest BCUT2D eigenvalue weighted by Gasteiger charge is -2.36. The summed E-state index contributed by atoms with van der Waals surface area (Å²) in [5.74, 6) is 0.999. The number of rotatable bonds is 8. The Labute approximate surface area is 180 Å². The molecule has 1 rings (SSSR count). The van der Waals surface area contributed by atoms with E-state index in [4.69, 9.17) is 0 Å². The normalized spacial score (nSPS) is 15.5. The van der Waals surface area contributed by atoms with Crippen LogP contribution in [0.1, 0.15) is 34.6 Å². The molecule has 158 valence electrons. The standard InChI is InChI=1S/C18H36N6O2.HI/c1-6-19-18(21-8-7-20-17(26)14(2)3)24-11-9-23(10-12-24)13-16(25)22-15(4)5;/h14-15H,6-13H2,1-5H3,(H,19,21)(H,20,26)(H,22,25);1H. The van der Waals surface area contributed by atoms with Crippen LogP contribution in [-0.2, 0) is 9.59 Å². The quantitative estimate of drug-likeness (QED) is 0.197. The van der Waals surface area contributed by atoms with E-state index in [1.807, 2.05) is 34.6 Å². The van der Waals surface area contributed by atoms with E-state index >= 15 is 0 Å². The van der Waals surface area contributed by atoms with E-state index in [1.54, 1.807) is 0 Å². The second-order valence-corrected chi connectivity index (χ2v) is 7.17. The first-order chi connectivity index (χ1) is 12.3. The smallest absolute Gasteiger partial charge is 0.234 e. The number of piperazine rings is 1. The molecule has 1 saturated heterocycles. The van der Waals surface area contributed by atoms with E-state index in [0.717, 1.165) is 38.7 Å². The van der Waals surface area contributed by atoms with Gasteiger partial charge < -0.3 is 20.9 Å². The van der Waals surface area contributed by atoms with Gasteiger partial charge in [-0.1, -0.05) is 13.8 Å². The minimum atomic E-state index is -0.00631. The van der Waals surface area contributed by atoms with Crippen molar-refractivity contribution < 1.29 is 9.59 Å². The van der Waals surface area contributed by atoms with Gasteiger partial charge in [0.2, 0.25) is 11.8 Å². The molecule has 0 atom stereocenters. The SMILES string of the molecule is CCNC(=NCCNC(=O)C(C)C)N1CCN(CC(=O)NC(C)C)CC1.I. The molecule has 0 radical (unpaired) electrons. The molecule has 3 N–H and O–H groups in total. The number of nitrogens with zero attached hydrogens (tertiary/aromatic N) is 3. The number of hydrogen-bond donors (Lipinski definition) is 3. The molecule has 0 aromatic heterocycles. The van der Waals surface area contributed by atoms with Crippen LogP contribution in [0.15, 0.2) is 4.99 Å². The average molecular weight is 496 g/mol. The van der Waals surface area contributed by atoms with Crippen LogP contribution in [0.2, 0.25) is 0 Å². The maximum atomic E-state index is 11.9. The fraction of sp³-hybridized carbons (Fsp3) is 0.833. The Kier molecular flexibility index (Phi) is 13.4. The van der Waals surface area contributed by atoms with Crippen LogP contribution in [0, 0.1) is 5.92 Å². The van der Waals surface area contributed by atoms with Gasteiger partial charge in [-0.15, -0.1) is 24.0 Å². The van der Waals surface area contributed by atoms with Crippen molar-refractivity contribution in [3.63, 3.8) is 0 Å². The maximum absolute atomic E-state index is 11.9. The van der Waals surface area contributed by atoms with E-state index in [1.165, 1.54) is 0 Å². The highest BCUT2D eigenvalue weighted by Crippen LogP contribution is 2.02. The Morgan fingerprint density at radius 1 is 1.04 bits per heavy atom. The van der Waals surface area contributed by atoms with Crippen LogP contribution in [0.5, 0.6) is 0 Å². The first kappa shape index (κ1) is 25.9. The maximum Gasteiger partial charge on any atom is 0.234 e. The second-order valence-electron chi connectivity index (χ2n) is 7.17. The number of hydrogen-bond acceptors (Lipinski definition) is 4. The number of halogens is 1. The zero-order chi connectivity index (χ0) is 19.5. The van der Waals surface area contributed by atoms with Crippen LogP contribution < -0.4 is 16.0 Å². The lowest BCUT2D eigenvalue weighted by molar-refractivity contribution is -0.124. The van der Waals surface area contributed by atoms with E-state index in [2.05, 4.69) is 30.7 Å². The van der Waals surface area contributed by atoms with Crippen molar-refractivity contribution in [1.82, 2.24) is 25.8 Å². The van der Waals surface area contributed by atoms with Gasteiger partial charge in [-0.3, -0.25) is 19.5 Å². The van der Waals surface area contributed by atoms with Gasteiger partial charge in [-0.25, -0.2) is 0 Å². The van der Waals surface area contributed by atoms with Gasteiger partial charge in [0.05, 0.1) is 13.1 Å². The molecular formula is C18H37IN6O2. The molecule has 27 heavy (non-hydrogen) atoms. The Morgan fingerprint density at radius 2 is 1.67 bits per heavy atom. The summed E-state index contributed by atoms with van der Waals surface area (Å²) >= 11 is 0. The highest BCUT2D eigenvalue weighted by atomic mass is 127. The third-order valence-corrected chi connectivity index (χ3v) is 4.02. The van der Waals surface area contributed by atoms with Gasteiger partial charge in [0.15, 0.2) is 5.96 Å². The zero-order valence-electron chi connectivity index (χ0n) is 17.4. The minimum Gasteiger partial charge on any atom is -0.357 e. The summed E-state index contributed by atoms with van der Waals surface area (Å²) in [6.07, 6.45) is 0. The predicted octanol–water partition coefficient (Wildman–Crippen LogP) is 0.484. The summed E-state index contributed by atoms with van der Waals surface area (Å²) in [5, 5.41) is 9.12. The van der Waals surface area contributed by atoms with Crippen molar-refractivity contribution >= 4 is 41.8 Å². The van der Waals surface area contributed by atoms with Crippen LogP contribution >= 0.6 is 24.0 Å². The van der Waals surface area contributed by atoms with E-state index in [-0.39, 0.29) is 47.8 Å². The minimum absolute atomic E-state index is 0. The summed E-state index contributed by atoms with van der Waals surface area (Å²) < 4.78 is 0. The second kappa shape index (κ2) is 14.0. The molecule has 0 saturated carbocycles. The van der Waals surface area contributed by atoms with Crippen molar-refractivity contribution in [2.45, 2.75) is 40.7 Å². The number of aliphatic imine (C=N–C) groups is 1. The molecule has 0 aromatic carbocycles. The van der Waals surface area contributed by atoms with Gasteiger partial charge in [0, 0.05) is 51.2 Å². The molecule has 0 bridgehead atoms. The first-order valence-electron chi connectivity index (χ1n) is 9.66. The van der Waals surface area contributed by atoms with Crippen LogP contribution in [0.3, 0.4) is 0 Å². The molecule has 8 nitrogen and oxygen atoms in total. The van der Waals surface area contributed by atoms with Gasteiger partial charge in [-0.2, -0.15) is 0 Å². The molecule has 9 heteroatoms. The van der Waals surface area contributed by atoms with E-state index < -0.39 is 0 Å². The van der Waals surface area contributed by atoms with Crippen molar-refractivity contribution in [2.24, 2.45) is 10.9 Å². The largest absolute Gasteiger partial charge is 0.357 e. The molecule has 1 heterocycles. The predicted molar refractivity (Wildman–Crippen MR) is 121 cm³/mol. The fourth-order valence-electron chi connectivity index (χ4n) is 2.66. The first-order valence-corrected chi connectivity index (χ1v) is 9.66. The van der Waals surface area contributed by atoms with E-state index in [9.17, 15) is 9.59 Å². The highest BCUT2D eigenvalue weighted by molar-refractivity contribution is 14.0. The number of carbonyl (C=O) groups excluding carboxylic acids is 2. The van der Waals surface area contributed by atoms with Crippen LogP contribution in [0.25, 0.3) is 0 Å².